The SMILES string of the molecule is CCC1(F)CCN(C)C1. The molecule has 9 heavy (non-hydrogen) atoms. The van der Waals surface area contributed by atoms with Gasteiger partial charge in [-0.1, -0.05) is 6.92 Å². The van der Waals surface area contributed by atoms with Crippen LogP contribution in [0.2, 0.25) is 0 Å². The van der Waals surface area contributed by atoms with E-state index in [4.69, 9.17) is 0 Å². The first-order valence-electron chi connectivity index (χ1n) is 3.54. The van der Waals surface area contributed by atoms with Crippen LogP contribution in [0, 0.1) is 0 Å². The molecule has 0 aliphatic carbocycles. The van der Waals surface area contributed by atoms with Gasteiger partial charge in [0.05, 0.1) is 0 Å². The topological polar surface area (TPSA) is 3.24 Å². The number of alkyl halides is 1. The molecule has 0 aromatic heterocycles. The molecule has 1 heterocycles. The van der Waals surface area contributed by atoms with E-state index in [1.807, 2.05) is 18.9 Å². The average Bonchev–Trinajstić information content (AvgIpc) is 2.13. The Balaban J connectivity index is 2.45. The molecule has 0 N–H and O–H groups in total. The Kier molecular flexibility index (Phi) is 1.75. The lowest BCUT2D eigenvalue weighted by Gasteiger charge is -2.15. The summed E-state index contributed by atoms with van der Waals surface area (Å²) in [5, 5.41) is 0. The fourth-order valence-corrected chi connectivity index (χ4v) is 1.32. The maximum Gasteiger partial charge on any atom is 0.124 e. The molecule has 1 saturated heterocycles. The molecular weight excluding hydrogens is 117 g/mol. The van der Waals surface area contributed by atoms with Gasteiger partial charge in [0.25, 0.3) is 0 Å². The lowest BCUT2D eigenvalue weighted by atomic mass is 10.0. The maximum atomic E-state index is 13.3. The van der Waals surface area contributed by atoms with E-state index in [1.165, 1.54) is 0 Å². The lowest BCUT2D eigenvalue weighted by Crippen LogP contribution is -2.25. The van der Waals surface area contributed by atoms with Crippen molar-refractivity contribution in [3.63, 3.8) is 0 Å². The number of likely N-dealkylation sites (tertiary alicyclic amines) is 1. The molecule has 1 fully saturated rings. The van der Waals surface area contributed by atoms with Crippen molar-refractivity contribution in [2.24, 2.45) is 0 Å². The summed E-state index contributed by atoms with van der Waals surface area (Å²) < 4.78 is 13.3. The van der Waals surface area contributed by atoms with Crippen LogP contribution in [0.4, 0.5) is 4.39 Å². The van der Waals surface area contributed by atoms with E-state index < -0.39 is 5.67 Å². The van der Waals surface area contributed by atoms with Gasteiger partial charge in [0, 0.05) is 13.1 Å². The van der Waals surface area contributed by atoms with Crippen LogP contribution in [0.1, 0.15) is 19.8 Å². The minimum absolute atomic E-state index is 0.628. The summed E-state index contributed by atoms with van der Waals surface area (Å²) in [5.41, 5.74) is -0.866. The first-order valence-corrected chi connectivity index (χ1v) is 3.54. The molecule has 54 valence electrons. The van der Waals surface area contributed by atoms with Crippen LogP contribution < -0.4 is 0 Å². The van der Waals surface area contributed by atoms with Crippen molar-refractivity contribution in [1.29, 1.82) is 0 Å². The highest BCUT2D eigenvalue weighted by Gasteiger charge is 2.34. The minimum atomic E-state index is -0.866. The number of hydrogen-bond donors (Lipinski definition) is 0. The summed E-state index contributed by atoms with van der Waals surface area (Å²) in [5.74, 6) is 0. The van der Waals surface area contributed by atoms with Crippen molar-refractivity contribution in [2.45, 2.75) is 25.4 Å². The Labute approximate surface area is 55.8 Å². The third-order valence-corrected chi connectivity index (χ3v) is 2.13. The van der Waals surface area contributed by atoms with Gasteiger partial charge in [0.1, 0.15) is 5.67 Å². The van der Waals surface area contributed by atoms with E-state index in [0.29, 0.717) is 13.0 Å². The molecule has 1 atom stereocenters. The highest BCUT2D eigenvalue weighted by atomic mass is 19.1. The summed E-state index contributed by atoms with van der Waals surface area (Å²) in [6.45, 7) is 3.47. The maximum absolute atomic E-state index is 13.3. The van der Waals surface area contributed by atoms with E-state index in [-0.39, 0.29) is 0 Å². The van der Waals surface area contributed by atoms with Crippen LogP contribution in [0.15, 0.2) is 0 Å². The third kappa shape index (κ3) is 1.42. The van der Waals surface area contributed by atoms with Gasteiger partial charge in [-0.15, -0.1) is 0 Å². The number of nitrogens with zero attached hydrogens (tertiary/aromatic N) is 1. The van der Waals surface area contributed by atoms with Gasteiger partial charge in [0.2, 0.25) is 0 Å². The molecule has 1 aliphatic heterocycles. The van der Waals surface area contributed by atoms with Crippen molar-refractivity contribution in [3.8, 4) is 0 Å². The molecule has 0 bridgehead atoms. The monoisotopic (exact) mass is 131 g/mol. The zero-order chi connectivity index (χ0) is 6.91. The molecule has 0 radical (unpaired) electrons. The van der Waals surface area contributed by atoms with Crippen molar-refractivity contribution >= 4 is 0 Å². The van der Waals surface area contributed by atoms with Crippen LogP contribution in [0.3, 0.4) is 0 Å². The first-order chi connectivity index (χ1) is 4.16. The summed E-state index contributed by atoms with van der Waals surface area (Å²) in [6.07, 6.45) is 1.39. The molecule has 0 aromatic carbocycles. The van der Waals surface area contributed by atoms with Crippen LogP contribution in [0.5, 0.6) is 0 Å². The van der Waals surface area contributed by atoms with E-state index in [9.17, 15) is 4.39 Å². The molecule has 0 spiro atoms. The van der Waals surface area contributed by atoms with Crippen LogP contribution in [-0.4, -0.2) is 30.7 Å². The Bertz CT molecular complexity index is 105. The van der Waals surface area contributed by atoms with Gasteiger partial charge >= 0.3 is 0 Å². The second-order valence-corrected chi connectivity index (χ2v) is 2.99. The van der Waals surface area contributed by atoms with Gasteiger partial charge in [-0.05, 0) is 19.9 Å². The summed E-state index contributed by atoms with van der Waals surface area (Å²) in [4.78, 5) is 2.05. The highest BCUT2D eigenvalue weighted by Crippen LogP contribution is 2.27. The molecule has 1 aliphatic rings. The summed E-state index contributed by atoms with van der Waals surface area (Å²) in [6, 6.07) is 0. The molecule has 1 unspecified atom stereocenters. The molecule has 0 aromatic rings. The predicted octanol–water partition coefficient (Wildman–Crippen LogP) is 1.44. The standard InChI is InChI=1S/C7H14FN/c1-3-7(8)4-5-9(2)6-7/h3-6H2,1-2H3. The molecule has 1 nitrogen and oxygen atoms in total. The van der Waals surface area contributed by atoms with Crippen molar-refractivity contribution in [2.75, 3.05) is 20.1 Å². The summed E-state index contributed by atoms with van der Waals surface area (Å²) >= 11 is 0. The fraction of sp³-hybridized carbons (Fsp3) is 1.00. The zero-order valence-electron chi connectivity index (χ0n) is 6.15. The second-order valence-electron chi connectivity index (χ2n) is 2.99. The fourth-order valence-electron chi connectivity index (χ4n) is 1.32. The van der Waals surface area contributed by atoms with Crippen molar-refractivity contribution in [1.82, 2.24) is 4.90 Å². The quantitative estimate of drug-likeness (QED) is 0.520. The second kappa shape index (κ2) is 2.25. The first kappa shape index (κ1) is 7.00. The lowest BCUT2D eigenvalue weighted by molar-refractivity contribution is 0.167. The van der Waals surface area contributed by atoms with Crippen molar-refractivity contribution in [3.05, 3.63) is 0 Å². The minimum Gasteiger partial charge on any atom is -0.303 e. The van der Waals surface area contributed by atoms with E-state index in [0.717, 1.165) is 13.0 Å². The Hall–Kier alpha value is -0.110. The largest absolute Gasteiger partial charge is 0.303 e. The molecular formula is C7H14FN. The average molecular weight is 131 g/mol. The van der Waals surface area contributed by atoms with E-state index >= 15 is 0 Å². The van der Waals surface area contributed by atoms with E-state index in [2.05, 4.69) is 0 Å². The predicted molar refractivity (Wildman–Crippen MR) is 36.2 cm³/mol. The Morgan fingerprint density at radius 2 is 2.33 bits per heavy atom. The number of hydrogen-bond acceptors (Lipinski definition) is 1. The molecule has 0 saturated carbocycles. The van der Waals surface area contributed by atoms with Crippen LogP contribution in [-0.2, 0) is 0 Å². The molecule has 1 rings (SSSR count). The van der Waals surface area contributed by atoms with Crippen molar-refractivity contribution < 1.29 is 4.39 Å². The van der Waals surface area contributed by atoms with Gasteiger partial charge in [0.15, 0.2) is 0 Å². The van der Waals surface area contributed by atoms with Gasteiger partial charge < -0.3 is 4.90 Å². The third-order valence-electron chi connectivity index (χ3n) is 2.13. The molecule has 2 heteroatoms. The Morgan fingerprint density at radius 1 is 1.67 bits per heavy atom. The Morgan fingerprint density at radius 3 is 2.56 bits per heavy atom. The normalized spacial score (nSPS) is 37.7. The highest BCUT2D eigenvalue weighted by molar-refractivity contribution is 4.87. The van der Waals surface area contributed by atoms with E-state index in [1.54, 1.807) is 0 Å². The number of halogens is 1. The zero-order valence-corrected chi connectivity index (χ0v) is 6.15. The molecule has 0 amide bonds. The summed E-state index contributed by atoms with van der Waals surface area (Å²) in [7, 11) is 1.97. The smallest absolute Gasteiger partial charge is 0.124 e. The van der Waals surface area contributed by atoms with Gasteiger partial charge in [-0.3, -0.25) is 0 Å². The van der Waals surface area contributed by atoms with Gasteiger partial charge in [-0.25, -0.2) is 4.39 Å². The number of rotatable bonds is 1. The van der Waals surface area contributed by atoms with Crippen LogP contribution in [0.25, 0.3) is 0 Å². The van der Waals surface area contributed by atoms with Gasteiger partial charge in [-0.2, -0.15) is 0 Å². The van der Waals surface area contributed by atoms with Crippen LogP contribution >= 0.6 is 0 Å².